The van der Waals surface area contributed by atoms with Gasteiger partial charge in [0.15, 0.2) is 5.01 Å². The Morgan fingerprint density at radius 1 is 1.14 bits per heavy atom. The third-order valence-electron chi connectivity index (χ3n) is 7.89. The smallest absolute Gasteiger partial charge is 0.280 e. The maximum Gasteiger partial charge on any atom is 0.280 e. The van der Waals surface area contributed by atoms with E-state index in [4.69, 9.17) is 4.74 Å². The number of anilines is 2. The van der Waals surface area contributed by atoms with Gasteiger partial charge in [-0.25, -0.2) is 13.8 Å². The van der Waals surface area contributed by atoms with Gasteiger partial charge < -0.3 is 14.5 Å². The highest BCUT2D eigenvalue weighted by Crippen LogP contribution is 2.53. The van der Waals surface area contributed by atoms with Crippen LogP contribution in [-0.4, -0.2) is 71.2 Å². The van der Waals surface area contributed by atoms with E-state index in [1.165, 1.54) is 25.6 Å². The summed E-state index contributed by atoms with van der Waals surface area (Å²) < 4.78 is 32.7. The van der Waals surface area contributed by atoms with Gasteiger partial charge in [-0.15, -0.1) is 10.2 Å². The Morgan fingerprint density at radius 2 is 1.90 bits per heavy atom. The third-order valence-corrected chi connectivity index (χ3v) is 8.64. The zero-order chi connectivity index (χ0) is 29.6. The molecule has 10 nitrogen and oxygen atoms in total. The minimum absolute atomic E-state index is 0.0335. The van der Waals surface area contributed by atoms with Crippen LogP contribution in [0, 0.1) is 29.1 Å². The van der Waals surface area contributed by atoms with Gasteiger partial charge in [0, 0.05) is 61.8 Å². The molecular weight excluding hydrogens is 564 g/mol. The predicted octanol–water partition coefficient (Wildman–Crippen LogP) is 4.26. The average molecular weight is 594 g/mol. The number of amides is 2. The van der Waals surface area contributed by atoms with Crippen LogP contribution in [0.4, 0.5) is 19.7 Å². The number of alkyl halides is 2. The normalized spacial score (nSPS) is 17.2. The molecule has 0 atom stereocenters. The molecule has 1 spiro atoms. The lowest BCUT2D eigenvalue weighted by Crippen LogP contribution is -2.64. The first-order chi connectivity index (χ1) is 20.1. The van der Waals surface area contributed by atoms with E-state index in [0.29, 0.717) is 41.0 Å². The van der Waals surface area contributed by atoms with Crippen molar-refractivity contribution < 1.29 is 23.1 Å². The van der Waals surface area contributed by atoms with E-state index in [9.17, 15) is 18.4 Å². The number of methoxy groups -OCH3 is 1. The molecule has 218 valence electrons. The highest BCUT2D eigenvalue weighted by molar-refractivity contribution is 7.15. The zero-order valence-electron chi connectivity index (χ0n) is 23.4. The number of hydrogen-bond donors (Lipinski definition) is 1. The first-order valence-corrected chi connectivity index (χ1v) is 14.4. The second-order valence-corrected chi connectivity index (χ2v) is 12.3. The second-order valence-electron chi connectivity index (χ2n) is 11.3. The molecule has 3 aromatic heterocycles. The molecular formula is C29H29F2N7O3S. The monoisotopic (exact) mass is 593 g/mol. The second kappa shape index (κ2) is 10.9. The molecule has 0 bridgehead atoms. The van der Waals surface area contributed by atoms with Crippen LogP contribution >= 0.6 is 11.3 Å². The van der Waals surface area contributed by atoms with Gasteiger partial charge in [-0.3, -0.25) is 19.9 Å². The summed E-state index contributed by atoms with van der Waals surface area (Å²) in [7, 11) is 4.95. The van der Waals surface area contributed by atoms with Crippen LogP contribution < -0.4 is 15.0 Å². The standard InChI is InChI=1S/C29H29F2N7O3S/c1-37(2)27(40)17-10-29(11-17)14-38(15-29)23-9-18(19-8-21(25(30)31)32-13-22(19)41-3)20(12-33-23)26(39)34-28-36-35-24(42-28)7-6-16-4-5-16/h8-9,12-13,16-17,25H,4-5,10-11,14-15H2,1-3H3,(H,34,36,39). The van der Waals surface area contributed by atoms with Crippen LogP contribution in [0.15, 0.2) is 24.5 Å². The van der Waals surface area contributed by atoms with Crippen molar-refractivity contribution in [3.63, 3.8) is 0 Å². The zero-order valence-corrected chi connectivity index (χ0v) is 24.2. The molecule has 3 aliphatic rings. The quantitative estimate of drug-likeness (QED) is 0.405. The summed E-state index contributed by atoms with van der Waals surface area (Å²) in [6.07, 6.45) is 3.65. The van der Waals surface area contributed by atoms with Gasteiger partial charge >= 0.3 is 0 Å². The van der Waals surface area contributed by atoms with Crippen molar-refractivity contribution in [3.8, 4) is 28.7 Å². The number of pyridine rings is 2. The molecule has 3 aromatic rings. The molecule has 13 heteroatoms. The van der Waals surface area contributed by atoms with Crippen LogP contribution in [0.25, 0.3) is 11.1 Å². The summed E-state index contributed by atoms with van der Waals surface area (Å²) in [5, 5.41) is 11.6. The molecule has 0 aromatic carbocycles. The van der Waals surface area contributed by atoms with Gasteiger partial charge in [0.2, 0.25) is 11.0 Å². The van der Waals surface area contributed by atoms with Gasteiger partial charge in [-0.1, -0.05) is 17.3 Å². The fraction of sp³-hybridized carbons (Fsp3) is 0.448. The molecule has 0 unspecified atom stereocenters. The number of hydrogen-bond acceptors (Lipinski definition) is 9. The number of rotatable bonds is 7. The number of carbonyl (C=O) groups excluding carboxylic acids is 2. The largest absolute Gasteiger partial charge is 0.494 e. The molecule has 1 aliphatic heterocycles. The van der Waals surface area contributed by atoms with Gasteiger partial charge in [0.1, 0.15) is 17.3 Å². The van der Waals surface area contributed by atoms with Gasteiger partial charge in [-0.05, 0) is 43.7 Å². The SMILES string of the molecule is COc1cnc(C(F)F)cc1-c1cc(N2CC3(CC(C(=O)N(C)C)C3)C2)ncc1C(=O)Nc1nnc(C#CC2CC2)s1. The third kappa shape index (κ3) is 5.51. The Kier molecular flexibility index (Phi) is 7.26. The fourth-order valence-corrected chi connectivity index (χ4v) is 6.16. The van der Waals surface area contributed by atoms with E-state index in [1.54, 1.807) is 25.1 Å². The van der Waals surface area contributed by atoms with Gasteiger partial charge in [-0.2, -0.15) is 0 Å². The Balaban J connectivity index is 1.28. The minimum atomic E-state index is -2.81. The highest BCUT2D eigenvalue weighted by atomic mass is 32.1. The summed E-state index contributed by atoms with van der Waals surface area (Å²) >= 11 is 1.16. The average Bonchev–Trinajstić information content (AvgIpc) is 3.66. The van der Waals surface area contributed by atoms with Gasteiger partial charge in [0.05, 0.1) is 18.9 Å². The number of nitrogens with one attached hydrogen (secondary N) is 1. The maximum absolute atomic E-state index is 13.6. The van der Waals surface area contributed by atoms with Crippen molar-refractivity contribution in [2.45, 2.75) is 32.1 Å². The summed E-state index contributed by atoms with van der Waals surface area (Å²) in [6.45, 7) is 1.43. The Bertz CT molecular complexity index is 1600. The molecule has 1 saturated heterocycles. The van der Waals surface area contributed by atoms with Crippen molar-refractivity contribution in [1.29, 1.82) is 0 Å². The van der Waals surface area contributed by atoms with Crippen molar-refractivity contribution in [2.75, 3.05) is 44.5 Å². The molecule has 42 heavy (non-hydrogen) atoms. The van der Waals surface area contributed by atoms with E-state index in [1.807, 2.05) is 0 Å². The lowest BCUT2D eigenvalue weighted by molar-refractivity contribution is -0.142. The van der Waals surface area contributed by atoms with Crippen LogP contribution in [0.1, 0.15) is 53.2 Å². The summed E-state index contributed by atoms with van der Waals surface area (Å²) in [4.78, 5) is 37.9. The molecule has 2 amide bonds. The number of aromatic nitrogens is 4. The molecule has 3 fully saturated rings. The maximum atomic E-state index is 13.6. The van der Waals surface area contributed by atoms with Crippen molar-refractivity contribution >= 4 is 34.1 Å². The van der Waals surface area contributed by atoms with Crippen LogP contribution in [-0.2, 0) is 4.79 Å². The van der Waals surface area contributed by atoms with Crippen molar-refractivity contribution in [2.24, 2.45) is 17.3 Å². The molecule has 4 heterocycles. The van der Waals surface area contributed by atoms with E-state index in [2.05, 4.69) is 42.2 Å². The summed E-state index contributed by atoms with van der Waals surface area (Å²) in [6, 6.07) is 2.94. The van der Waals surface area contributed by atoms with Crippen molar-refractivity contribution in [1.82, 2.24) is 25.1 Å². The summed E-state index contributed by atoms with van der Waals surface area (Å²) in [5.41, 5.74) is 0.434. The number of nitrogens with zero attached hydrogens (tertiary/aromatic N) is 6. The number of halogens is 2. The van der Waals surface area contributed by atoms with Gasteiger partial charge in [0.25, 0.3) is 12.3 Å². The molecule has 6 rings (SSSR count). The van der Waals surface area contributed by atoms with E-state index in [-0.39, 0.29) is 33.7 Å². The molecule has 1 N–H and O–H groups in total. The van der Waals surface area contributed by atoms with E-state index in [0.717, 1.165) is 37.0 Å². The molecule has 2 saturated carbocycles. The van der Waals surface area contributed by atoms with Crippen LogP contribution in [0.3, 0.4) is 0 Å². The number of carbonyl (C=O) groups is 2. The minimum Gasteiger partial charge on any atom is -0.494 e. The Hall–Kier alpha value is -4.18. The topological polar surface area (TPSA) is 113 Å². The molecule has 2 aliphatic carbocycles. The fourth-order valence-electron chi connectivity index (χ4n) is 5.56. The predicted molar refractivity (Wildman–Crippen MR) is 153 cm³/mol. The number of ether oxygens (including phenoxy) is 1. The van der Waals surface area contributed by atoms with Crippen molar-refractivity contribution in [3.05, 3.63) is 40.8 Å². The van der Waals surface area contributed by atoms with E-state index < -0.39 is 18.0 Å². The van der Waals surface area contributed by atoms with E-state index >= 15 is 0 Å². The molecule has 0 radical (unpaired) electrons. The summed E-state index contributed by atoms with van der Waals surface area (Å²) in [5.74, 6) is 6.99. The lowest BCUT2D eigenvalue weighted by Gasteiger charge is -2.59. The Labute approximate surface area is 245 Å². The Morgan fingerprint density at radius 3 is 2.57 bits per heavy atom. The first kappa shape index (κ1) is 28.0. The lowest BCUT2D eigenvalue weighted by atomic mass is 9.57. The highest BCUT2D eigenvalue weighted by Gasteiger charge is 2.55. The van der Waals surface area contributed by atoms with Crippen LogP contribution in [0.2, 0.25) is 0 Å². The van der Waals surface area contributed by atoms with Crippen LogP contribution in [0.5, 0.6) is 5.75 Å². The first-order valence-electron chi connectivity index (χ1n) is 13.6.